The van der Waals surface area contributed by atoms with Crippen LogP contribution in [0.25, 0.3) is 0 Å². The molecule has 6 rings (SSSR count). The summed E-state index contributed by atoms with van der Waals surface area (Å²) >= 11 is 0. The minimum Gasteiger partial charge on any atom is -0.394 e. The molecular formula is C39H64O14. The summed E-state index contributed by atoms with van der Waals surface area (Å²) in [6.07, 6.45) is -6.72. The minimum absolute atomic E-state index is 0.131. The van der Waals surface area contributed by atoms with Crippen LogP contribution in [0.1, 0.15) is 73.6 Å². The van der Waals surface area contributed by atoms with Crippen molar-refractivity contribution in [2.75, 3.05) is 20.8 Å². The highest BCUT2D eigenvalue weighted by atomic mass is 16.8. The molecule has 3 aliphatic heterocycles. The number of aliphatic hydroxyl groups is 6. The lowest BCUT2D eigenvalue weighted by molar-refractivity contribution is -0.329. The molecule has 0 amide bonds. The maximum atomic E-state index is 11.2. The maximum Gasteiger partial charge on any atom is 0.187 e. The summed E-state index contributed by atoms with van der Waals surface area (Å²) < 4.78 is 48.2. The molecule has 304 valence electrons. The molecule has 6 N–H and O–H groups in total. The minimum atomic E-state index is -1.35. The van der Waals surface area contributed by atoms with E-state index >= 15 is 0 Å². The molecule has 2 saturated carbocycles. The SMILES string of the molecule is C=CC1(C)C=C2CCC3C(C)(C)C(OC4OC(CO)C(O)C4OC4OC(C)C(O)C(OC)C4O)CCC3(C)C2CC1OC1OC(C)C(O)C(OC)C1O. The van der Waals surface area contributed by atoms with E-state index in [1.54, 1.807) is 13.8 Å². The fourth-order valence-electron chi connectivity index (χ4n) is 10.6. The average molecular weight is 757 g/mol. The Balaban J connectivity index is 1.20. The molecule has 5 fully saturated rings. The molecule has 6 aliphatic rings. The van der Waals surface area contributed by atoms with Gasteiger partial charge in [0.25, 0.3) is 0 Å². The molecule has 14 nitrogen and oxygen atoms in total. The van der Waals surface area contributed by atoms with Crippen molar-refractivity contribution >= 4 is 0 Å². The predicted molar refractivity (Wildman–Crippen MR) is 189 cm³/mol. The molecule has 0 bridgehead atoms. The monoisotopic (exact) mass is 756 g/mol. The van der Waals surface area contributed by atoms with Crippen LogP contribution in [0.2, 0.25) is 0 Å². The standard InChI is InChI=1S/C39H64O14/c1-10-38(6)16-20-11-12-23-37(4,5)24(13-14-39(23,7)21(20)15-25(38)52-34-29(44)31(46-8)26(41)18(2)48-34)51-36-33(28(43)22(17-40)50-36)53-35-30(45)32(47-9)27(42)19(3)49-35/h10,16,18-19,21-36,40-45H,1,11-15,17H2,2-9H3. The van der Waals surface area contributed by atoms with Gasteiger partial charge >= 0.3 is 0 Å². The number of allylic oxidation sites excluding steroid dienone is 1. The van der Waals surface area contributed by atoms with Crippen LogP contribution in [-0.2, 0) is 37.9 Å². The molecule has 53 heavy (non-hydrogen) atoms. The lowest BCUT2D eigenvalue weighted by Crippen LogP contribution is -2.61. The Morgan fingerprint density at radius 3 is 1.87 bits per heavy atom. The predicted octanol–water partition coefficient (Wildman–Crippen LogP) is 1.56. The van der Waals surface area contributed by atoms with Crippen LogP contribution in [0.5, 0.6) is 0 Å². The van der Waals surface area contributed by atoms with E-state index in [4.69, 9.17) is 37.9 Å². The summed E-state index contributed by atoms with van der Waals surface area (Å²) in [6.45, 7) is 16.0. The van der Waals surface area contributed by atoms with Crippen LogP contribution in [0.15, 0.2) is 24.3 Å². The van der Waals surface area contributed by atoms with Gasteiger partial charge in [0, 0.05) is 19.6 Å². The van der Waals surface area contributed by atoms with Crippen LogP contribution in [0, 0.1) is 28.1 Å². The zero-order valence-electron chi connectivity index (χ0n) is 32.4. The van der Waals surface area contributed by atoms with E-state index in [0.29, 0.717) is 12.8 Å². The van der Waals surface area contributed by atoms with Crippen molar-refractivity contribution in [2.45, 2.75) is 172 Å². The van der Waals surface area contributed by atoms with Crippen molar-refractivity contribution in [1.29, 1.82) is 0 Å². The van der Waals surface area contributed by atoms with Crippen LogP contribution < -0.4 is 0 Å². The Labute approximate surface area is 313 Å². The number of ether oxygens (including phenoxy) is 8. The third-order valence-corrected chi connectivity index (χ3v) is 14.0. The lowest BCUT2D eigenvalue weighted by Gasteiger charge is -2.62. The number of hydrogen-bond donors (Lipinski definition) is 6. The van der Waals surface area contributed by atoms with Gasteiger partial charge in [-0.15, -0.1) is 6.58 Å². The molecule has 20 atom stereocenters. The van der Waals surface area contributed by atoms with Crippen molar-refractivity contribution in [3.63, 3.8) is 0 Å². The molecule has 0 aromatic carbocycles. The van der Waals surface area contributed by atoms with Gasteiger partial charge in [-0.3, -0.25) is 0 Å². The number of rotatable bonds is 10. The van der Waals surface area contributed by atoms with Crippen molar-refractivity contribution in [3.05, 3.63) is 24.3 Å². The van der Waals surface area contributed by atoms with Crippen molar-refractivity contribution in [1.82, 2.24) is 0 Å². The maximum absolute atomic E-state index is 11.2. The van der Waals surface area contributed by atoms with Crippen LogP contribution in [0.3, 0.4) is 0 Å². The first-order valence-corrected chi connectivity index (χ1v) is 19.3. The van der Waals surface area contributed by atoms with E-state index in [9.17, 15) is 30.6 Å². The zero-order chi connectivity index (χ0) is 38.8. The van der Waals surface area contributed by atoms with Gasteiger partial charge in [0.1, 0.15) is 54.9 Å². The van der Waals surface area contributed by atoms with Crippen molar-refractivity contribution < 1.29 is 68.5 Å². The van der Waals surface area contributed by atoms with Gasteiger partial charge in [0.15, 0.2) is 18.9 Å². The number of aliphatic hydroxyl groups excluding tert-OH is 6. The summed E-state index contributed by atoms with van der Waals surface area (Å²) in [4.78, 5) is 0. The molecule has 14 heteroatoms. The van der Waals surface area contributed by atoms with E-state index in [1.165, 1.54) is 19.8 Å². The van der Waals surface area contributed by atoms with Gasteiger partial charge in [-0.25, -0.2) is 0 Å². The largest absolute Gasteiger partial charge is 0.394 e. The Kier molecular flexibility index (Phi) is 12.3. The first kappa shape index (κ1) is 41.6. The second-order valence-corrected chi connectivity index (χ2v) is 17.4. The Morgan fingerprint density at radius 2 is 1.32 bits per heavy atom. The van der Waals surface area contributed by atoms with Crippen LogP contribution in [-0.4, -0.2) is 150 Å². The van der Waals surface area contributed by atoms with Gasteiger partial charge in [-0.05, 0) is 68.6 Å². The fraction of sp³-hybridized carbons (Fsp3) is 0.897. The number of hydrogen-bond acceptors (Lipinski definition) is 14. The topological polar surface area (TPSA) is 195 Å². The normalized spacial score (nSPS) is 52.7. The summed E-state index contributed by atoms with van der Waals surface area (Å²) in [5.74, 6) is 0.402. The summed E-state index contributed by atoms with van der Waals surface area (Å²) in [7, 11) is 2.84. The van der Waals surface area contributed by atoms with Gasteiger partial charge in [0.05, 0.1) is 31.0 Å². The molecule has 3 aliphatic carbocycles. The molecule has 3 saturated heterocycles. The molecule has 3 heterocycles. The fourth-order valence-corrected chi connectivity index (χ4v) is 10.6. The molecular weight excluding hydrogens is 692 g/mol. The van der Waals surface area contributed by atoms with E-state index in [1.807, 2.05) is 6.08 Å². The van der Waals surface area contributed by atoms with Gasteiger partial charge in [-0.1, -0.05) is 45.4 Å². The summed E-state index contributed by atoms with van der Waals surface area (Å²) in [5, 5.41) is 64.3. The lowest BCUT2D eigenvalue weighted by atomic mass is 9.44. The molecule has 0 spiro atoms. The van der Waals surface area contributed by atoms with Gasteiger partial charge in [-0.2, -0.15) is 0 Å². The molecule has 20 unspecified atom stereocenters. The number of methoxy groups -OCH3 is 2. The van der Waals surface area contributed by atoms with E-state index in [2.05, 4.69) is 40.3 Å². The highest BCUT2D eigenvalue weighted by Crippen LogP contribution is 2.65. The van der Waals surface area contributed by atoms with Gasteiger partial charge < -0.3 is 68.5 Å². The highest BCUT2D eigenvalue weighted by Gasteiger charge is 2.61. The van der Waals surface area contributed by atoms with Crippen LogP contribution >= 0.6 is 0 Å². The first-order valence-electron chi connectivity index (χ1n) is 19.3. The zero-order valence-corrected chi connectivity index (χ0v) is 32.4. The van der Waals surface area contributed by atoms with E-state index < -0.39 is 98.0 Å². The van der Waals surface area contributed by atoms with Gasteiger partial charge in [0.2, 0.25) is 0 Å². The quantitative estimate of drug-likeness (QED) is 0.176. The van der Waals surface area contributed by atoms with E-state index in [-0.39, 0.29) is 34.9 Å². The van der Waals surface area contributed by atoms with Crippen molar-refractivity contribution in [2.24, 2.45) is 28.1 Å². The Hall–Kier alpha value is -1.08. The number of fused-ring (bicyclic) bond motifs is 3. The van der Waals surface area contributed by atoms with Crippen molar-refractivity contribution in [3.8, 4) is 0 Å². The molecule has 0 aromatic rings. The highest BCUT2D eigenvalue weighted by molar-refractivity contribution is 5.29. The summed E-state index contributed by atoms with van der Waals surface area (Å²) in [6, 6.07) is 0. The molecule has 0 radical (unpaired) electrons. The first-order chi connectivity index (χ1) is 24.9. The van der Waals surface area contributed by atoms with Crippen LogP contribution in [0.4, 0.5) is 0 Å². The second kappa shape index (κ2) is 15.7. The second-order valence-electron chi connectivity index (χ2n) is 17.4. The average Bonchev–Trinajstić information content (AvgIpc) is 3.41. The Morgan fingerprint density at radius 1 is 0.755 bits per heavy atom. The third-order valence-electron chi connectivity index (χ3n) is 14.0. The Bertz CT molecular complexity index is 1310. The third kappa shape index (κ3) is 7.22. The smallest absolute Gasteiger partial charge is 0.187 e. The van der Waals surface area contributed by atoms with E-state index in [0.717, 1.165) is 19.3 Å². The summed E-state index contributed by atoms with van der Waals surface area (Å²) in [5.41, 5.74) is 0.383. The molecule has 0 aromatic heterocycles.